The lowest BCUT2D eigenvalue weighted by Crippen LogP contribution is -2.38. The third-order valence-corrected chi connectivity index (χ3v) is 3.59. The van der Waals surface area contributed by atoms with Crippen molar-refractivity contribution >= 4 is 5.69 Å². The van der Waals surface area contributed by atoms with Crippen LogP contribution < -0.4 is 10.6 Å². The number of anilines is 1. The molecule has 2 nitrogen and oxygen atoms in total. The van der Waals surface area contributed by atoms with Gasteiger partial charge in [-0.1, -0.05) is 48.5 Å². The molecule has 0 aromatic heterocycles. The van der Waals surface area contributed by atoms with Crippen LogP contribution in [-0.4, -0.2) is 19.6 Å². The van der Waals surface area contributed by atoms with Crippen LogP contribution in [0.1, 0.15) is 12.0 Å². The van der Waals surface area contributed by atoms with E-state index in [0.717, 1.165) is 12.8 Å². The second-order valence-electron chi connectivity index (χ2n) is 4.86. The Labute approximate surface area is 115 Å². The Balaban J connectivity index is 1.97. The first kappa shape index (κ1) is 13.6. The normalized spacial score (nSPS) is 12.1. The van der Waals surface area contributed by atoms with Gasteiger partial charge < -0.3 is 10.6 Å². The Hall–Kier alpha value is -1.80. The standard InChI is InChI=1S/C17H22N2/c1-19(16-10-6-3-7-11-16)17(14-18)13-12-15-8-4-2-5-9-15/h2-11,17H,12-14,18H2,1H3. The summed E-state index contributed by atoms with van der Waals surface area (Å²) in [7, 11) is 2.12. The van der Waals surface area contributed by atoms with Gasteiger partial charge >= 0.3 is 0 Å². The van der Waals surface area contributed by atoms with Crippen LogP contribution in [-0.2, 0) is 6.42 Å². The highest BCUT2D eigenvalue weighted by molar-refractivity contribution is 5.46. The van der Waals surface area contributed by atoms with E-state index >= 15 is 0 Å². The zero-order chi connectivity index (χ0) is 13.5. The summed E-state index contributed by atoms with van der Waals surface area (Å²) in [6.07, 6.45) is 2.14. The molecule has 1 atom stereocenters. The van der Waals surface area contributed by atoms with Gasteiger partial charge in [0.1, 0.15) is 0 Å². The van der Waals surface area contributed by atoms with E-state index in [2.05, 4.69) is 66.5 Å². The summed E-state index contributed by atoms with van der Waals surface area (Å²) in [5, 5.41) is 0. The van der Waals surface area contributed by atoms with Gasteiger partial charge in [-0.2, -0.15) is 0 Å². The summed E-state index contributed by atoms with van der Waals surface area (Å²) in [4.78, 5) is 2.28. The zero-order valence-electron chi connectivity index (χ0n) is 11.5. The SMILES string of the molecule is CN(c1ccccc1)C(CN)CCc1ccccc1. The van der Waals surface area contributed by atoms with Gasteiger partial charge in [-0.15, -0.1) is 0 Å². The first-order valence-electron chi connectivity index (χ1n) is 6.83. The number of nitrogens with zero attached hydrogens (tertiary/aromatic N) is 1. The Morgan fingerprint density at radius 2 is 1.53 bits per heavy atom. The van der Waals surface area contributed by atoms with Gasteiger partial charge in [0.2, 0.25) is 0 Å². The molecule has 2 aromatic carbocycles. The number of para-hydroxylation sites is 1. The minimum Gasteiger partial charge on any atom is -0.370 e. The fraction of sp³-hybridized carbons (Fsp3) is 0.294. The molecular weight excluding hydrogens is 232 g/mol. The van der Waals surface area contributed by atoms with Gasteiger partial charge in [-0.3, -0.25) is 0 Å². The van der Waals surface area contributed by atoms with Crippen molar-refractivity contribution in [3.05, 3.63) is 66.2 Å². The van der Waals surface area contributed by atoms with Crippen molar-refractivity contribution in [2.45, 2.75) is 18.9 Å². The van der Waals surface area contributed by atoms with Gasteiger partial charge in [0.15, 0.2) is 0 Å². The first-order chi connectivity index (χ1) is 9.31. The fourth-order valence-electron chi connectivity index (χ4n) is 2.32. The summed E-state index contributed by atoms with van der Waals surface area (Å²) < 4.78 is 0. The summed E-state index contributed by atoms with van der Waals surface area (Å²) in [6.45, 7) is 0.679. The molecule has 2 heteroatoms. The zero-order valence-corrected chi connectivity index (χ0v) is 11.5. The average Bonchev–Trinajstić information content (AvgIpc) is 2.49. The molecule has 0 aliphatic rings. The van der Waals surface area contributed by atoms with E-state index in [4.69, 9.17) is 5.73 Å². The van der Waals surface area contributed by atoms with Gasteiger partial charge in [0.05, 0.1) is 0 Å². The third-order valence-electron chi connectivity index (χ3n) is 3.59. The Kier molecular flexibility index (Phi) is 4.99. The van der Waals surface area contributed by atoms with Crippen molar-refractivity contribution in [2.75, 3.05) is 18.5 Å². The predicted molar refractivity (Wildman–Crippen MR) is 82.5 cm³/mol. The Morgan fingerprint density at radius 1 is 0.947 bits per heavy atom. The van der Waals surface area contributed by atoms with Gasteiger partial charge in [-0.25, -0.2) is 0 Å². The number of aryl methyl sites for hydroxylation is 1. The smallest absolute Gasteiger partial charge is 0.0412 e. The third kappa shape index (κ3) is 3.83. The number of benzene rings is 2. The van der Waals surface area contributed by atoms with E-state index in [0.29, 0.717) is 12.6 Å². The van der Waals surface area contributed by atoms with Gasteiger partial charge in [0.25, 0.3) is 0 Å². The largest absolute Gasteiger partial charge is 0.370 e. The highest BCUT2D eigenvalue weighted by Gasteiger charge is 2.13. The molecule has 2 rings (SSSR count). The van der Waals surface area contributed by atoms with E-state index in [-0.39, 0.29) is 0 Å². The van der Waals surface area contributed by atoms with E-state index in [1.165, 1.54) is 11.3 Å². The molecule has 0 saturated carbocycles. The Bertz CT molecular complexity index is 467. The van der Waals surface area contributed by atoms with Crippen LogP contribution in [0.5, 0.6) is 0 Å². The molecule has 19 heavy (non-hydrogen) atoms. The van der Waals surface area contributed by atoms with E-state index < -0.39 is 0 Å². The lowest BCUT2D eigenvalue weighted by atomic mass is 10.0. The summed E-state index contributed by atoms with van der Waals surface area (Å²) in [6, 6.07) is 21.4. The average molecular weight is 254 g/mol. The van der Waals surface area contributed by atoms with Crippen molar-refractivity contribution in [3.63, 3.8) is 0 Å². The van der Waals surface area contributed by atoms with Gasteiger partial charge in [0, 0.05) is 25.3 Å². The van der Waals surface area contributed by atoms with Crippen LogP contribution in [0.4, 0.5) is 5.69 Å². The van der Waals surface area contributed by atoms with Crippen molar-refractivity contribution in [2.24, 2.45) is 5.73 Å². The molecule has 0 bridgehead atoms. The van der Waals surface area contributed by atoms with E-state index in [1.54, 1.807) is 0 Å². The van der Waals surface area contributed by atoms with Crippen LogP contribution in [0, 0.1) is 0 Å². The first-order valence-corrected chi connectivity index (χ1v) is 6.83. The van der Waals surface area contributed by atoms with E-state index in [1.807, 2.05) is 6.07 Å². The highest BCUT2D eigenvalue weighted by atomic mass is 15.1. The molecule has 100 valence electrons. The number of nitrogens with two attached hydrogens (primary N) is 1. The molecular formula is C17H22N2. The van der Waals surface area contributed by atoms with Gasteiger partial charge in [-0.05, 0) is 30.5 Å². The second kappa shape index (κ2) is 6.95. The van der Waals surface area contributed by atoms with Crippen molar-refractivity contribution in [1.29, 1.82) is 0 Å². The quantitative estimate of drug-likeness (QED) is 0.858. The molecule has 2 aromatic rings. The molecule has 1 unspecified atom stereocenters. The van der Waals surface area contributed by atoms with Crippen LogP contribution in [0.2, 0.25) is 0 Å². The number of likely N-dealkylation sites (N-methyl/N-ethyl adjacent to an activating group) is 1. The minimum absolute atomic E-state index is 0.377. The topological polar surface area (TPSA) is 29.3 Å². The van der Waals surface area contributed by atoms with E-state index in [9.17, 15) is 0 Å². The number of hydrogen-bond acceptors (Lipinski definition) is 2. The van der Waals surface area contributed by atoms with Crippen LogP contribution in [0.3, 0.4) is 0 Å². The summed E-state index contributed by atoms with van der Waals surface area (Å²) in [5.74, 6) is 0. The van der Waals surface area contributed by atoms with Crippen molar-refractivity contribution < 1.29 is 0 Å². The second-order valence-corrected chi connectivity index (χ2v) is 4.86. The maximum Gasteiger partial charge on any atom is 0.0412 e. The number of rotatable bonds is 6. The highest BCUT2D eigenvalue weighted by Crippen LogP contribution is 2.17. The molecule has 0 radical (unpaired) electrons. The van der Waals surface area contributed by atoms with Crippen LogP contribution >= 0.6 is 0 Å². The minimum atomic E-state index is 0.377. The predicted octanol–water partition coefficient (Wildman–Crippen LogP) is 3.08. The summed E-state index contributed by atoms with van der Waals surface area (Å²) in [5.41, 5.74) is 8.54. The molecule has 2 N–H and O–H groups in total. The molecule has 0 aliphatic carbocycles. The molecule has 0 spiro atoms. The maximum atomic E-state index is 5.93. The maximum absolute atomic E-state index is 5.93. The van der Waals surface area contributed by atoms with Crippen molar-refractivity contribution in [3.8, 4) is 0 Å². The number of hydrogen-bond donors (Lipinski definition) is 1. The summed E-state index contributed by atoms with van der Waals surface area (Å²) >= 11 is 0. The van der Waals surface area contributed by atoms with Crippen LogP contribution in [0.15, 0.2) is 60.7 Å². The Morgan fingerprint density at radius 3 is 2.11 bits per heavy atom. The molecule has 0 saturated heterocycles. The lowest BCUT2D eigenvalue weighted by Gasteiger charge is -2.29. The molecule has 0 fully saturated rings. The van der Waals surface area contributed by atoms with Crippen molar-refractivity contribution in [1.82, 2.24) is 0 Å². The fourth-order valence-corrected chi connectivity index (χ4v) is 2.32. The molecule has 0 heterocycles. The molecule has 0 aliphatic heterocycles. The molecule has 0 amide bonds. The van der Waals surface area contributed by atoms with Crippen LogP contribution in [0.25, 0.3) is 0 Å². The lowest BCUT2D eigenvalue weighted by molar-refractivity contribution is 0.589. The monoisotopic (exact) mass is 254 g/mol.